The van der Waals surface area contributed by atoms with Crippen LogP contribution >= 0.6 is 11.6 Å². The molecule has 0 amide bonds. The number of carboxylic acid groups (broad SMARTS) is 1. The number of hydrogen-bond donors (Lipinski definition) is 1. The summed E-state index contributed by atoms with van der Waals surface area (Å²) in [6.07, 6.45) is 1.50. The van der Waals surface area contributed by atoms with Crippen molar-refractivity contribution in [3.63, 3.8) is 0 Å². The number of rotatable bonds is 3. The summed E-state index contributed by atoms with van der Waals surface area (Å²) in [6, 6.07) is 9.64. The molecular formula is C20H13ClFN3O3. The number of halogens is 2. The maximum absolute atomic E-state index is 14.0. The number of pyridine rings is 3. The number of aromatic carboxylic acids is 1. The fraction of sp³-hybridized carbons (Fsp3) is 0.100. The Kier molecular flexibility index (Phi) is 4.31. The lowest BCUT2D eigenvalue weighted by Crippen LogP contribution is -2.15. The monoisotopic (exact) mass is 397 g/mol. The number of para-hydroxylation sites is 1. The quantitative estimate of drug-likeness (QED) is 0.525. The third-order valence-electron chi connectivity index (χ3n) is 4.52. The fourth-order valence-corrected chi connectivity index (χ4v) is 3.32. The third-order valence-corrected chi connectivity index (χ3v) is 4.78. The number of carbonyl (C=O) groups is 1. The average Bonchev–Trinajstić information content (AvgIpc) is 2.69. The molecule has 0 saturated heterocycles. The zero-order valence-electron chi connectivity index (χ0n) is 14.6. The molecular weight excluding hydrogens is 385 g/mol. The summed E-state index contributed by atoms with van der Waals surface area (Å²) in [5.74, 6) is -2.08. The molecule has 0 bridgehead atoms. The van der Waals surface area contributed by atoms with E-state index >= 15 is 0 Å². The molecule has 0 aliphatic carbocycles. The fourth-order valence-electron chi connectivity index (χ4n) is 3.18. The Morgan fingerprint density at radius 1 is 1.21 bits per heavy atom. The maximum atomic E-state index is 14.0. The molecule has 4 aromatic rings. The van der Waals surface area contributed by atoms with Gasteiger partial charge in [0.05, 0.1) is 10.9 Å². The van der Waals surface area contributed by atoms with Gasteiger partial charge >= 0.3 is 5.97 Å². The normalized spacial score (nSPS) is 11.2. The van der Waals surface area contributed by atoms with Crippen LogP contribution in [0.5, 0.6) is 0 Å². The number of hydrogen-bond acceptors (Lipinski definition) is 4. The van der Waals surface area contributed by atoms with Crippen LogP contribution in [0.25, 0.3) is 33.1 Å². The van der Waals surface area contributed by atoms with Crippen LogP contribution in [0, 0.1) is 5.82 Å². The summed E-state index contributed by atoms with van der Waals surface area (Å²) in [7, 11) is 0. The molecule has 0 fully saturated rings. The van der Waals surface area contributed by atoms with Gasteiger partial charge < -0.3 is 9.67 Å². The highest BCUT2D eigenvalue weighted by atomic mass is 35.5. The predicted octanol–water partition coefficient (Wildman–Crippen LogP) is 4.12. The molecule has 28 heavy (non-hydrogen) atoms. The van der Waals surface area contributed by atoms with Crippen molar-refractivity contribution in [1.29, 1.82) is 0 Å². The highest BCUT2D eigenvalue weighted by molar-refractivity contribution is 6.29. The van der Waals surface area contributed by atoms with Gasteiger partial charge in [0.1, 0.15) is 5.65 Å². The predicted molar refractivity (Wildman–Crippen MR) is 104 cm³/mol. The van der Waals surface area contributed by atoms with Crippen LogP contribution in [0.4, 0.5) is 4.39 Å². The Hall–Kier alpha value is -3.32. The van der Waals surface area contributed by atoms with Crippen molar-refractivity contribution in [2.75, 3.05) is 0 Å². The maximum Gasteiger partial charge on any atom is 0.355 e. The van der Waals surface area contributed by atoms with Crippen LogP contribution in [0.3, 0.4) is 0 Å². The van der Waals surface area contributed by atoms with Gasteiger partial charge in [0, 0.05) is 29.3 Å². The van der Waals surface area contributed by atoms with E-state index in [0.717, 1.165) is 6.07 Å². The lowest BCUT2D eigenvalue weighted by molar-refractivity contribution is 0.0692. The summed E-state index contributed by atoms with van der Waals surface area (Å²) in [5.41, 5.74) is 0.208. The molecule has 3 heterocycles. The molecule has 0 saturated carbocycles. The van der Waals surface area contributed by atoms with Gasteiger partial charge in [0.15, 0.2) is 22.1 Å². The largest absolute Gasteiger partial charge is 0.476 e. The highest BCUT2D eigenvalue weighted by Crippen LogP contribution is 2.27. The minimum atomic E-state index is -1.26. The first-order valence-corrected chi connectivity index (χ1v) is 8.81. The zero-order chi connectivity index (χ0) is 20.0. The van der Waals surface area contributed by atoms with Crippen molar-refractivity contribution in [2.24, 2.45) is 0 Å². The van der Waals surface area contributed by atoms with E-state index in [2.05, 4.69) is 9.97 Å². The molecule has 3 aromatic heterocycles. The lowest BCUT2D eigenvalue weighted by atomic mass is 10.0. The second-order valence-corrected chi connectivity index (χ2v) is 6.53. The number of benzene rings is 1. The standard InChI is InChI=1S/C20H13ClFN3O3/c1-2-25-9-13(17(26)12-8-14(22)18(21)24-19(12)25)11-7-10-5-3-4-6-15(10)23-16(11)20(27)28/h3-9H,2H2,1H3,(H,27,28). The molecule has 1 N–H and O–H groups in total. The van der Waals surface area contributed by atoms with Gasteiger partial charge in [0.25, 0.3) is 0 Å². The van der Waals surface area contributed by atoms with Gasteiger partial charge in [-0.2, -0.15) is 0 Å². The van der Waals surface area contributed by atoms with Crippen LogP contribution in [-0.2, 0) is 6.54 Å². The van der Waals surface area contributed by atoms with E-state index in [9.17, 15) is 19.1 Å². The van der Waals surface area contributed by atoms with Crippen LogP contribution in [0.2, 0.25) is 5.15 Å². The number of fused-ring (bicyclic) bond motifs is 2. The van der Waals surface area contributed by atoms with Crippen LogP contribution in [-0.4, -0.2) is 25.6 Å². The Morgan fingerprint density at radius 3 is 2.68 bits per heavy atom. The number of aryl methyl sites for hydroxylation is 1. The van der Waals surface area contributed by atoms with Crippen LogP contribution in [0.15, 0.2) is 47.4 Å². The summed E-state index contributed by atoms with van der Waals surface area (Å²) < 4.78 is 15.6. The molecule has 8 heteroatoms. The minimum Gasteiger partial charge on any atom is -0.476 e. The van der Waals surface area contributed by atoms with Crippen molar-refractivity contribution in [3.8, 4) is 11.1 Å². The van der Waals surface area contributed by atoms with E-state index < -0.39 is 17.2 Å². The van der Waals surface area contributed by atoms with Gasteiger partial charge in [-0.15, -0.1) is 0 Å². The molecule has 1 aromatic carbocycles. The van der Waals surface area contributed by atoms with E-state index in [0.29, 0.717) is 17.4 Å². The van der Waals surface area contributed by atoms with Gasteiger partial charge in [-0.3, -0.25) is 4.79 Å². The number of aromatic nitrogens is 3. The summed E-state index contributed by atoms with van der Waals surface area (Å²) >= 11 is 5.77. The molecule has 140 valence electrons. The molecule has 0 radical (unpaired) electrons. The van der Waals surface area contributed by atoms with Crippen LogP contribution in [0.1, 0.15) is 17.4 Å². The number of carboxylic acids is 1. The minimum absolute atomic E-state index is 0.0192. The zero-order valence-corrected chi connectivity index (χ0v) is 15.4. The average molecular weight is 398 g/mol. The molecule has 0 spiro atoms. The molecule has 4 rings (SSSR count). The first kappa shape index (κ1) is 18.1. The van der Waals surface area contributed by atoms with E-state index in [1.165, 1.54) is 6.20 Å². The van der Waals surface area contributed by atoms with Gasteiger partial charge in [-0.05, 0) is 25.1 Å². The molecule has 0 atom stereocenters. The van der Waals surface area contributed by atoms with Crippen molar-refractivity contribution < 1.29 is 14.3 Å². The Balaban J connectivity index is 2.14. The van der Waals surface area contributed by atoms with Gasteiger partial charge in [-0.1, -0.05) is 29.8 Å². The van der Waals surface area contributed by atoms with E-state index in [-0.39, 0.29) is 33.0 Å². The lowest BCUT2D eigenvalue weighted by Gasteiger charge is -2.13. The summed E-state index contributed by atoms with van der Waals surface area (Å²) in [5, 5.41) is 10.0. The molecule has 0 aliphatic rings. The molecule has 0 aliphatic heterocycles. The number of nitrogens with zero attached hydrogens (tertiary/aromatic N) is 3. The van der Waals surface area contributed by atoms with E-state index in [1.54, 1.807) is 34.9 Å². The van der Waals surface area contributed by atoms with Crippen LogP contribution < -0.4 is 5.43 Å². The van der Waals surface area contributed by atoms with Gasteiger partial charge in [-0.25, -0.2) is 19.2 Å². The first-order valence-electron chi connectivity index (χ1n) is 8.43. The van der Waals surface area contributed by atoms with Crippen molar-refractivity contribution in [2.45, 2.75) is 13.5 Å². The topological polar surface area (TPSA) is 85.1 Å². The van der Waals surface area contributed by atoms with E-state index in [1.807, 2.05) is 6.92 Å². The summed E-state index contributed by atoms with van der Waals surface area (Å²) in [6.45, 7) is 2.24. The van der Waals surface area contributed by atoms with E-state index in [4.69, 9.17) is 11.6 Å². The molecule has 6 nitrogen and oxygen atoms in total. The third kappa shape index (κ3) is 2.80. The summed E-state index contributed by atoms with van der Waals surface area (Å²) in [4.78, 5) is 33.1. The van der Waals surface area contributed by atoms with Crippen molar-refractivity contribution in [1.82, 2.24) is 14.5 Å². The smallest absolute Gasteiger partial charge is 0.355 e. The second kappa shape index (κ2) is 6.69. The first-order chi connectivity index (χ1) is 13.4. The highest BCUT2D eigenvalue weighted by Gasteiger charge is 2.21. The SMILES string of the molecule is CCn1cc(-c2cc3ccccc3nc2C(=O)O)c(=O)c2cc(F)c(Cl)nc21. The Labute approximate surface area is 162 Å². The van der Waals surface area contributed by atoms with Gasteiger partial charge in [0.2, 0.25) is 0 Å². The van der Waals surface area contributed by atoms with Crippen molar-refractivity contribution >= 4 is 39.5 Å². The molecule has 0 unspecified atom stereocenters. The Morgan fingerprint density at radius 2 is 1.96 bits per heavy atom. The Bertz CT molecular complexity index is 1330. The second-order valence-electron chi connectivity index (χ2n) is 6.17. The van der Waals surface area contributed by atoms with Crippen molar-refractivity contribution in [3.05, 3.63) is 69.5 Å².